The molecule has 3 heteroatoms. The average molecular weight is 172 g/mol. The van der Waals surface area contributed by atoms with Crippen molar-refractivity contribution in [2.24, 2.45) is 0 Å². The minimum absolute atomic E-state index is 0.00515. The molecule has 0 amide bonds. The summed E-state index contributed by atoms with van der Waals surface area (Å²) in [6, 6.07) is 6.76. The average Bonchev–Trinajstić information content (AvgIpc) is 2.19. The van der Waals surface area contributed by atoms with Crippen molar-refractivity contribution >= 4 is 0 Å². The molecule has 0 unspecified atom stereocenters. The van der Waals surface area contributed by atoms with Crippen LogP contribution in [0, 0.1) is 0 Å². The molecule has 2 aromatic heterocycles. The summed E-state index contributed by atoms with van der Waals surface area (Å²) in [7, 11) is 0. The van der Waals surface area contributed by atoms with Crippen LogP contribution >= 0.6 is 0 Å². The van der Waals surface area contributed by atoms with E-state index in [0.717, 1.165) is 11.3 Å². The summed E-state index contributed by atoms with van der Waals surface area (Å²) in [5.41, 5.74) is 1.79. The highest BCUT2D eigenvalue weighted by atomic mass is 16.1. The molecule has 0 fully saturated rings. The van der Waals surface area contributed by atoms with E-state index in [1.54, 1.807) is 24.7 Å². The van der Waals surface area contributed by atoms with Crippen LogP contribution in [0.3, 0.4) is 0 Å². The molecule has 1 N–H and O–H groups in total. The Labute approximate surface area is 75.1 Å². The van der Waals surface area contributed by atoms with E-state index in [2.05, 4.69) is 9.97 Å². The first-order chi connectivity index (χ1) is 6.36. The lowest BCUT2D eigenvalue weighted by Crippen LogP contribution is -1.97. The molecule has 2 rings (SSSR count). The van der Waals surface area contributed by atoms with Gasteiger partial charge in [-0.2, -0.15) is 0 Å². The van der Waals surface area contributed by atoms with Crippen molar-refractivity contribution in [2.45, 2.75) is 0 Å². The van der Waals surface area contributed by atoms with E-state index in [-0.39, 0.29) is 5.43 Å². The summed E-state index contributed by atoms with van der Waals surface area (Å²) in [5, 5.41) is 0. The Bertz CT molecular complexity index is 448. The molecule has 2 aromatic rings. The molecule has 64 valence electrons. The Kier molecular flexibility index (Phi) is 1.92. The minimum atomic E-state index is 0.00515. The van der Waals surface area contributed by atoms with E-state index in [9.17, 15) is 4.79 Å². The molecular formula is C10H8N2O. The van der Waals surface area contributed by atoms with E-state index < -0.39 is 0 Å². The molecule has 0 aromatic carbocycles. The van der Waals surface area contributed by atoms with Gasteiger partial charge in [-0.3, -0.25) is 9.78 Å². The van der Waals surface area contributed by atoms with Crippen molar-refractivity contribution in [3.63, 3.8) is 0 Å². The zero-order valence-electron chi connectivity index (χ0n) is 6.90. The van der Waals surface area contributed by atoms with E-state index in [0.29, 0.717) is 0 Å². The number of nitrogens with zero attached hydrogens (tertiary/aromatic N) is 1. The van der Waals surface area contributed by atoms with Gasteiger partial charge in [-0.15, -0.1) is 0 Å². The number of aromatic amines is 1. The zero-order chi connectivity index (χ0) is 9.10. The molecule has 0 spiro atoms. The lowest BCUT2D eigenvalue weighted by atomic mass is 10.2. The number of hydrogen-bond donors (Lipinski definition) is 1. The number of hydrogen-bond acceptors (Lipinski definition) is 2. The first kappa shape index (κ1) is 7.73. The van der Waals surface area contributed by atoms with Crippen LogP contribution < -0.4 is 5.43 Å². The Morgan fingerprint density at radius 1 is 1.15 bits per heavy atom. The molecule has 0 aliphatic heterocycles. The maximum absolute atomic E-state index is 11.0. The summed E-state index contributed by atoms with van der Waals surface area (Å²) in [5.74, 6) is 0. The lowest BCUT2D eigenvalue weighted by Gasteiger charge is -1.98. The number of nitrogens with one attached hydrogen (secondary N) is 1. The van der Waals surface area contributed by atoms with Crippen LogP contribution in [-0.2, 0) is 0 Å². The maximum Gasteiger partial charge on any atom is 0.182 e. The Morgan fingerprint density at radius 2 is 1.92 bits per heavy atom. The first-order valence-corrected chi connectivity index (χ1v) is 3.95. The fourth-order valence-electron chi connectivity index (χ4n) is 1.14. The molecule has 0 aliphatic carbocycles. The third-order valence-electron chi connectivity index (χ3n) is 1.76. The standard InChI is InChI=1S/C10H8N2O/c13-9-3-6-12-10(7-9)8-1-4-11-5-2-8/h1-7H,(H,12,13). The van der Waals surface area contributed by atoms with Crippen LogP contribution in [0.15, 0.2) is 47.7 Å². The van der Waals surface area contributed by atoms with E-state index in [1.165, 1.54) is 6.07 Å². The zero-order valence-corrected chi connectivity index (χ0v) is 6.90. The smallest absolute Gasteiger partial charge is 0.182 e. The van der Waals surface area contributed by atoms with Gasteiger partial charge < -0.3 is 4.98 Å². The van der Waals surface area contributed by atoms with Gasteiger partial charge >= 0.3 is 0 Å². The molecule has 0 atom stereocenters. The van der Waals surface area contributed by atoms with Crippen LogP contribution in [0.1, 0.15) is 0 Å². The SMILES string of the molecule is O=c1cc[nH]c(-c2ccncc2)c1. The molecular weight excluding hydrogens is 164 g/mol. The van der Waals surface area contributed by atoms with Crippen LogP contribution in [-0.4, -0.2) is 9.97 Å². The quantitative estimate of drug-likeness (QED) is 0.707. The fourth-order valence-corrected chi connectivity index (χ4v) is 1.14. The lowest BCUT2D eigenvalue weighted by molar-refractivity contribution is 1.27. The highest BCUT2D eigenvalue weighted by molar-refractivity contribution is 5.57. The van der Waals surface area contributed by atoms with Crippen LogP contribution in [0.4, 0.5) is 0 Å². The summed E-state index contributed by atoms with van der Waals surface area (Å²) in [6.45, 7) is 0. The third-order valence-corrected chi connectivity index (χ3v) is 1.76. The topological polar surface area (TPSA) is 45.8 Å². The third kappa shape index (κ3) is 1.64. The van der Waals surface area contributed by atoms with Gasteiger partial charge in [-0.1, -0.05) is 0 Å². The monoisotopic (exact) mass is 172 g/mol. The normalized spacial score (nSPS) is 9.85. The van der Waals surface area contributed by atoms with Crippen molar-refractivity contribution < 1.29 is 0 Å². The maximum atomic E-state index is 11.0. The van der Waals surface area contributed by atoms with Gasteiger partial charge in [0.05, 0.1) is 0 Å². The van der Waals surface area contributed by atoms with Gasteiger partial charge in [0.2, 0.25) is 0 Å². The predicted molar refractivity (Wildman–Crippen MR) is 50.3 cm³/mol. The fraction of sp³-hybridized carbons (Fsp3) is 0. The Hall–Kier alpha value is -1.90. The largest absolute Gasteiger partial charge is 0.361 e. The molecule has 0 saturated carbocycles. The van der Waals surface area contributed by atoms with E-state index in [4.69, 9.17) is 0 Å². The second kappa shape index (κ2) is 3.23. The van der Waals surface area contributed by atoms with E-state index >= 15 is 0 Å². The number of aromatic nitrogens is 2. The molecule has 0 radical (unpaired) electrons. The van der Waals surface area contributed by atoms with Crippen molar-refractivity contribution in [1.29, 1.82) is 0 Å². The summed E-state index contributed by atoms with van der Waals surface area (Å²) in [6.07, 6.45) is 5.03. The number of H-pyrrole nitrogens is 1. The van der Waals surface area contributed by atoms with Crippen LogP contribution in [0.25, 0.3) is 11.3 Å². The summed E-state index contributed by atoms with van der Waals surface area (Å²) < 4.78 is 0. The van der Waals surface area contributed by atoms with Gasteiger partial charge in [0.25, 0.3) is 0 Å². The first-order valence-electron chi connectivity index (χ1n) is 3.95. The molecule has 3 nitrogen and oxygen atoms in total. The minimum Gasteiger partial charge on any atom is -0.361 e. The molecule has 0 saturated heterocycles. The van der Waals surface area contributed by atoms with Gasteiger partial charge in [0, 0.05) is 42.0 Å². The second-order valence-corrected chi connectivity index (χ2v) is 2.67. The predicted octanol–water partition coefficient (Wildman–Crippen LogP) is 1.44. The van der Waals surface area contributed by atoms with Crippen molar-refractivity contribution in [1.82, 2.24) is 9.97 Å². The summed E-state index contributed by atoms with van der Waals surface area (Å²) in [4.78, 5) is 17.9. The van der Waals surface area contributed by atoms with Crippen LogP contribution in [0.5, 0.6) is 0 Å². The highest BCUT2D eigenvalue weighted by Gasteiger charge is 1.95. The van der Waals surface area contributed by atoms with Gasteiger partial charge in [0.15, 0.2) is 5.43 Å². The Balaban J connectivity index is 2.54. The van der Waals surface area contributed by atoms with Gasteiger partial charge in [-0.25, -0.2) is 0 Å². The number of rotatable bonds is 1. The van der Waals surface area contributed by atoms with E-state index in [1.807, 2.05) is 12.1 Å². The second-order valence-electron chi connectivity index (χ2n) is 2.67. The number of pyridine rings is 2. The molecule has 0 aliphatic rings. The van der Waals surface area contributed by atoms with Crippen molar-refractivity contribution in [3.8, 4) is 11.3 Å². The van der Waals surface area contributed by atoms with Gasteiger partial charge in [-0.05, 0) is 12.1 Å². The summed E-state index contributed by atoms with van der Waals surface area (Å²) >= 11 is 0. The van der Waals surface area contributed by atoms with Gasteiger partial charge in [0.1, 0.15) is 0 Å². The van der Waals surface area contributed by atoms with Crippen molar-refractivity contribution in [2.75, 3.05) is 0 Å². The molecule has 13 heavy (non-hydrogen) atoms. The highest BCUT2D eigenvalue weighted by Crippen LogP contribution is 2.11. The Morgan fingerprint density at radius 3 is 2.62 bits per heavy atom. The molecule has 0 bridgehead atoms. The van der Waals surface area contributed by atoms with Crippen molar-refractivity contribution in [3.05, 3.63) is 53.1 Å². The van der Waals surface area contributed by atoms with Crippen LogP contribution in [0.2, 0.25) is 0 Å². The molecule has 2 heterocycles.